The first-order chi connectivity index (χ1) is 8.61. The predicted molar refractivity (Wildman–Crippen MR) is 73.3 cm³/mol. The number of unbranched alkanes of at least 4 members (excludes halogenated alkanes) is 2. The predicted octanol–water partition coefficient (Wildman–Crippen LogP) is 0.579. The number of amides is 1. The van der Waals surface area contributed by atoms with Crippen LogP contribution in [-0.2, 0) is 9.59 Å². The molecule has 1 atom stereocenters. The van der Waals surface area contributed by atoms with Crippen molar-refractivity contribution in [3.05, 3.63) is 0 Å². The van der Waals surface area contributed by atoms with E-state index in [0.29, 0.717) is 6.42 Å². The van der Waals surface area contributed by atoms with Gasteiger partial charge < -0.3 is 16.4 Å². The van der Waals surface area contributed by atoms with Gasteiger partial charge in [0.1, 0.15) is 0 Å². The summed E-state index contributed by atoms with van der Waals surface area (Å²) in [6, 6.07) is -0.378. The van der Waals surface area contributed by atoms with Gasteiger partial charge in [-0.3, -0.25) is 9.59 Å². The Labute approximate surface area is 110 Å². The summed E-state index contributed by atoms with van der Waals surface area (Å²) >= 11 is 0. The molecule has 0 saturated heterocycles. The molecule has 4 N–H and O–H groups in total. The molecule has 106 valence electrons. The van der Waals surface area contributed by atoms with Crippen LogP contribution in [0.3, 0.4) is 0 Å². The minimum absolute atomic E-state index is 0.00394. The van der Waals surface area contributed by atoms with E-state index in [4.69, 9.17) is 5.73 Å². The number of hydrogen-bond acceptors (Lipinski definition) is 4. The van der Waals surface area contributed by atoms with Crippen molar-refractivity contribution in [1.82, 2.24) is 10.6 Å². The van der Waals surface area contributed by atoms with Crippen LogP contribution in [0.2, 0.25) is 0 Å². The van der Waals surface area contributed by atoms with Gasteiger partial charge in [0.25, 0.3) is 0 Å². The van der Waals surface area contributed by atoms with Crippen LogP contribution in [0, 0.1) is 0 Å². The van der Waals surface area contributed by atoms with Crippen LogP contribution in [-0.4, -0.2) is 37.4 Å². The fraction of sp³-hybridized carbons (Fsp3) is 0.846. The van der Waals surface area contributed by atoms with Gasteiger partial charge in [0.05, 0.1) is 12.6 Å². The smallest absolute Gasteiger partial charge is 0.234 e. The fourth-order valence-corrected chi connectivity index (χ4v) is 1.66. The molecule has 0 bridgehead atoms. The molecular weight excluding hydrogens is 230 g/mol. The van der Waals surface area contributed by atoms with Gasteiger partial charge in [-0.1, -0.05) is 13.3 Å². The minimum atomic E-state index is -0.378. The van der Waals surface area contributed by atoms with Crippen molar-refractivity contribution < 1.29 is 9.59 Å². The Bertz CT molecular complexity index is 244. The quantitative estimate of drug-likeness (QED) is 0.473. The molecule has 0 heterocycles. The normalized spacial score (nSPS) is 12.2. The van der Waals surface area contributed by atoms with E-state index in [1.165, 1.54) is 19.8 Å². The molecule has 0 aliphatic heterocycles. The van der Waals surface area contributed by atoms with Gasteiger partial charge in [-0.25, -0.2) is 0 Å². The summed E-state index contributed by atoms with van der Waals surface area (Å²) in [5.41, 5.74) is 5.21. The molecule has 0 aliphatic rings. The maximum Gasteiger partial charge on any atom is 0.234 e. The van der Waals surface area contributed by atoms with E-state index in [-0.39, 0.29) is 24.3 Å². The second kappa shape index (κ2) is 11.2. The Kier molecular flexibility index (Phi) is 10.6. The van der Waals surface area contributed by atoms with E-state index < -0.39 is 0 Å². The van der Waals surface area contributed by atoms with Crippen molar-refractivity contribution in [2.75, 3.05) is 19.6 Å². The van der Waals surface area contributed by atoms with E-state index >= 15 is 0 Å². The van der Waals surface area contributed by atoms with Crippen LogP contribution in [0.25, 0.3) is 0 Å². The first-order valence-corrected chi connectivity index (χ1v) is 6.82. The standard InChI is InChI=1S/C13H27N3O2/c1-3-4-8-15-9-6-5-7-12(11(2)17)16-13(18)10-14/h12,15H,3-10,14H2,1-2H3,(H,16,18). The van der Waals surface area contributed by atoms with Crippen molar-refractivity contribution in [3.8, 4) is 0 Å². The highest BCUT2D eigenvalue weighted by molar-refractivity contribution is 5.87. The van der Waals surface area contributed by atoms with Gasteiger partial charge in [0.2, 0.25) is 5.91 Å². The van der Waals surface area contributed by atoms with E-state index in [0.717, 1.165) is 25.9 Å². The lowest BCUT2D eigenvalue weighted by atomic mass is 10.1. The number of rotatable bonds is 11. The van der Waals surface area contributed by atoms with Gasteiger partial charge in [0, 0.05) is 0 Å². The average molecular weight is 257 g/mol. The molecule has 0 aliphatic carbocycles. The number of ketones is 1. The van der Waals surface area contributed by atoms with Crippen LogP contribution in [0.15, 0.2) is 0 Å². The monoisotopic (exact) mass is 257 g/mol. The van der Waals surface area contributed by atoms with E-state index in [9.17, 15) is 9.59 Å². The minimum Gasteiger partial charge on any atom is -0.345 e. The molecule has 0 rings (SSSR count). The van der Waals surface area contributed by atoms with Gasteiger partial charge in [-0.2, -0.15) is 0 Å². The number of carbonyl (C=O) groups is 2. The van der Waals surface area contributed by atoms with E-state index in [2.05, 4.69) is 17.6 Å². The molecule has 5 nitrogen and oxygen atoms in total. The fourth-order valence-electron chi connectivity index (χ4n) is 1.66. The highest BCUT2D eigenvalue weighted by Crippen LogP contribution is 2.02. The van der Waals surface area contributed by atoms with Crippen molar-refractivity contribution >= 4 is 11.7 Å². The number of nitrogens with one attached hydrogen (secondary N) is 2. The maximum absolute atomic E-state index is 11.3. The van der Waals surface area contributed by atoms with Crippen LogP contribution in [0.5, 0.6) is 0 Å². The zero-order chi connectivity index (χ0) is 13.8. The summed E-state index contributed by atoms with van der Waals surface area (Å²) in [6.45, 7) is 5.62. The Morgan fingerprint density at radius 1 is 1.17 bits per heavy atom. The Balaban J connectivity index is 3.65. The average Bonchev–Trinajstić information content (AvgIpc) is 2.35. The number of Topliss-reactive ketones (excluding diaryl/α,β-unsaturated/α-hetero) is 1. The second-order valence-corrected chi connectivity index (χ2v) is 4.53. The van der Waals surface area contributed by atoms with E-state index in [1.807, 2.05) is 0 Å². The number of nitrogens with two attached hydrogens (primary N) is 1. The first kappa shape index (κ1) is 17.1. The lowest BCUT2D eigenvalue weighted by Gasteiger charge is -2.15. The van der Waals surface area contributed by atoms with Gasteiger partial charge in [0.15, 0.2) is 5.78 Å². The summed E-state index contributed by atoms with van der Waals surface area (Å²) in [4.78, 5) is 22.5. The van der Waals surface area contributed by atoms with Crippen LogP contribution < -0.4 is 16.4 Å². The molecule has 0 saturated carbocycles. The molecule has 18 heavy (non-hydrogen) atoms. The molecule has 0 aromatic heterocycles. The third-order valence-electron chi connectivity index (χ3n) is 2.81. The zero-order valence-corrected chi connectivity index (χ0v) is 11.6. The molecule has 0 spiro atoms. The summed E-state index contributed by atoms with van der Waals surface area (Å²) in [5, 5.41) is 5.99. The Hall–Kier alpha value is -0.940. The summed E-state index contributed by atoms with van der Waals surface area (Å²) < 4.78 is 0. The van der Waals surface area contributed by atoms with Crippen molar-refractivity contribution in [3.63, 3.8) is 0 Å². The lowest BCUT2D eigenvalue weighted by molar-refractivity contribution is -0.126. The van der Waals surface area contributed by atoms with Gasteiger partial charge in [-0.05, 0) is 45.7 Å². The molecular formula is C13H27N3O2. The maximum atomic E-state index is 11.3. The molecule has 1 unspecified atom stereocenters. The molecule has 0 radical (unpaired) electrons. The Morgan fingerprint density at radius 3 is 2.39 bits per heavy atom. The zero-order valence-electron chi connectivity index (χ0n) is 11.6. The SMILES string of the molecule is CCCCNCCCCC(NC(=O)CN)C(C)=O. The summed E-state index contributed by atoms with van der Waals surface area (Å²) in [7, 11) is 0. The summed E-state index contributed by atoms with van der Waals surface area (Å²) in [5.74, 6) is -0.271. The molecule has 0 fully saturated rings. The summed E-state index contributed by atoms with van der Waals surface area (Å²) in [6.07, 6.45) is 5.03. The first-order valence-electron chi connectivity index (χ1n) is 6.82. The topological polar surface area (TPSA) is 84.2 Å². The molecule has 0 aromatic rings. The van der Waals surface area contributed by atoms with Crippen LogP contribution >= 0.6 is 0 Å². The van der Waals surface area contributed by atoms with E-state index in [1.54, 1.807) is 0 Å². The van der Waals surface area contributed by atoms with Crippen LogP contribution in [0.4, 0.5) is 0 Å². The van der Waals surface area contributed by atoms with Crippen LogP contribution in [0.1, 0.15) is 46.0 Å². The lowest BCUT2D eigenvalue weighted by Crippen LogP contribution is -2.42. The van der Waals surface area contributed by atoms with Gasteiger partial charge in [-0.15, -0.1) is 0 Å². The highest BCUT2D eigenvalue weighted by atomic mass is 16.2. The second-order valence-electron chi connectivity index (χ2n) is 4.53. The third-order valence-corrected chi connectivity index (χ3v) is 2.81. The van der Waals surface area contributed by atoms with Gasteiger partial charge >= 0.3 is 0 Å². The molecule has 5 heteroatoms. The van der Waals surface area contributed by atoms with Crippen molar-refractivity contribution in [1.29, 1.82) is 0 Å². The third kappa shape index (κ3) is 9.13. The molecule has 0 aromatic carbocycles. The Morgan fingerprint density at radius 2 is 1.83 bits per heavy atom. The number of hydrogen-bond donors (Lipinski definition) is 3. The highest BCUT2D eigenvalue weighted by Gasteiger charge is 2.15. The largest absolute Gasteiger partial charge is 0.345 e. The van der Waals surface area contributed by atoms with Crippen molar-refractivity contribution in [2.24, 2.45) is 5.73 Å². The molecule has 1 amide bonds. The number of carbonyl (C=O) groups excluding carboxylic acids is 2. The van der Waals surface area contributed by atoms with Crippen molar-refractivity contribution in [2.45, 2.75) is 52.0 Å².